The van der Waals surface area contributed by atoms with Crippen molar-refractivity contribution in [2.24, 2.45) is 5.92 Å². The second-order valence-electron chi connectivity index (χ2n) is 7.27. The maximum absolute atomic E-state index is 12.5. The van der Waals surface area contributed by atoms with E-state index in [0.29, 0.717) is 22.0 Å². The van der Waals surface area contributed by atoms with Crippen molar-refractivity contribution in [2.45, 2.75) is 39.2 Å². The number of Topliss-reactive ketones (excluding diaryl/α,β-unsaturated/α-hetero) is 1. The lowest BCUT2D eigenvalue weighted by Crippen LogP contribution is -2.24. The number of nitrogens with one attached hydrogen (secondary N) is 1. The van der Waals surface area contributed by atoms with E-state index in [1.54, 1.807) is 6.92 Å². The van der Waals surface area contributed by atoms with Gasteiger partial charge in [-0.05, 0) is 68.0 Å². The van der Waals surface area contributed by atoms with Gasteiger partial charge in [-0.1, -0.05) is 6.92 Å². The number of thiophene rings is 1. The minimum Gasteiger partial charge on any atom is -0.450 e. The van der Waals surface area contributed by atoms with Crippen molar-refractivity contribution in [3.8, 4) is 0 Å². The highest BCUT2D eigenvalue weighted by Gasteiger charge is 2.24. The van der Waals surface area contributed by atoms with Crippen molar-refractivity contribution in [1.29, 1.82) is 0 Å². The SMILES string of the molecule is C[C@H]1CCc2sc(C(=O)O[C@H](C)C(=O)c3ccc(NS(C)(=O)=O)cc3)cc2C1. The summed E-state index contributed by atoms with van der Waals surface area (Å²) in [5.41, 5.74) is 1.92. The van der Waals surface area contributed by atoms with Gasteiger partial charge in [-0.15, -0.1) is 11.3 Å². The van der Waals surface area contributed by atoms with Crippen molar-refractivity contribution in [3.05, 3.63) is 51.2 Å². The van der Waals surface area contributed by atoms with Crippen LogP contribution in [0.2, 0.25) is 0 Å². The minimum absolute atomic E-state index is 0.339. The molecule has 0 saturated heterocycles. The molecule has 28 heavy (non-hydrogen) atoms. The van der Waals surface area contributed by atoms with E-state index in [0.717, 1.165) is 25.5 Å². The summed E-state index contributed by atoms with van der Waals surface area (Å²) in [6.45, 7) is 3.74. The molecule has 2 aromatic rings. The normalized spacial score (nSPS) is 17.5. The second-order valence-corrected chi connectivity index (χ2v) is 10.2. The molecule has 0 radical (unpaired) electrons. The first-order chi connectivity index (χ1) is 13.1. The van der Waals surface area contributed by atoms with Crippen LogP contribution in [-0.2, 0) is 27.6 Å². The lowest BCUT2D eigenvalue weighted by Gasteiger charge is -2.16. The van der Waals surface area contributed by atoms with E-state index < -0.39 is 22.1 Å². The fraction of sp³-hybridized carbons (Fsp3) is 0.400. The Labute approximate surface area is 169 Å². The molecule has 1 heterocycles. The Morgan fingerprint density at radius 3 is 2.57 bits per heavy atom. The molecular formula is C20H23NO5S2. The summed E-state index contributed by atoms with van der Waals surface area (Å²) in [7, 11) is -3.38. The van der Waals surface area contributed by atoms with Crippen molar-refractivity contribution in [2.75, 3.05) is 11.0 Å². The van der Waals surface area contributed by atoms with Gasteiger partial charge < -0.3 is 4.74 Å². The van der Waals surface area contributed by atoms with Crippen molar-refractivity contribution >= 4 is 38.8 Å². The molecule has 0 aliphatic heterocycles. The number of anilines is 1. The number of hydrogen-bond acceptors (Lipinski definition) is 6. The second kappa shape index (κ2) is 8.05. The summed E-state index contributed by atoms with van der Waals surface area (Å²) >= 11 is 1.45. The van der Waals surface area contributed by atoms with Gasteiger partial charge in [0.15, 0.2) is 6.10 Å². The number of rotatable bonds is 6. The number of esters is 1. The number of hydrogen-bond donors (Lipinski definition) is 1. The van der Waals surface area contributed by atoms with Gasteiger partial charge >= 0.3 is 5.97 Å². The van der Waals surface area contributed by atoms with E-state index in [1.165, 1.54) is 46.0 Å². The Morgan fingerprint density at radius 2 is 1.93 bits per heavy atom. The Balaban J connectivity index is 1.64. The van der Waals surface area contributed by atoms with Gasteiger partial charge in [0, 0.05) is 16.1 Å². The first-order valence-electron chi connectivity index (χ1n) is 9.07. The van der Waals surface area contributed by atoms with Gasteiger partial charge in [-0.25, -0.2) is 13.2 Å². The zero-order valence-corrected chi connectivity index (χ0v) is 17.7. The number of ketones is 1. The average molecular weight is 422 g/mol. The Bertz CT molecular complexity index is 992. The first-order valence-corrected chi connectivity index (χ1v) is 11.8. The lowest BCUT2D eigenvalue weighted by atomic mass is 9.90. The fourth-order valence-corrected chi connectivity index (χ4v) is 4.89. The third-order valence-electron chi connectivity index (χ3n) is 4.66. The zero-order chi connectivity index (χ0) is 20.5. The molecule has 1 aromatic carbocycles. The monoisotopic (exact) mass is 421 g/mol. The third kappa shape index (κ3) is 4.99. The van der Waals surface area contributed by atoms with Crippen molar-refractivity contribution in [1.82, 2.24) is 0 Å². The van der Waals surface area contributed by atoms with Gasteiger partial charge in [0.1, 0.15) is 4.88 Å². The van der Waals surface area contributed by atoms with E-state index in [2.05, 4.69) is 11.6 Å². The van der Waals surface area contributed by atoms with Crippen LogP contribution >= 0.6 is 11.3 Å². The molecule has 0 unspecified atom stereocenters. The predicted molar refractivity (Wildman–Crippen MR) is 110 cm³/mol. The highest BCUT2D eigenvalue weighted by molar-refractivity contribution is 7.92. The molecule has 1 aromatic heterocycles. The number of sulfonamides is 1. The number of benzene rings is 1. The molecule has 2 atom stereocenters. The van der Waals surface area contributed by atoms with Crippen molar-refractivity contribution in [3.63, 3.8) is 0 Å². The lowest BCUT2D eigenvalue weighted by molar-refractivity contribution is 0.0323. The molecule has 0 saturated carbocycles. The number of carbonyl (C=O) groups is 2. The molecule has 0 fully saturated rings. The molecule has 1 aliphatic carbocycles. The van der Waals surface area contributed by atoms with Gasteiger partial charge in [0.2, 0.25) is 15.8 Å². The maximum Gasteiger partial charge on any atom is 0.349 e. The predicted octanol–water partition coefficient (Wildman–Crippen LogP) is 3.67. The van der Waals surface area contributed by atoms with E-state index in [4.69, 9.17) is 4.74 Å². The smallest absolute Gasteiger partial charge is 0.349 e. The maximum atomic E-state index is 12.5. The molecule has 6 nitrogen and oxygen atoms in total. The summed E-state index contributed by atoms with van der Waals surface area (Å²) in [4.78, 5) is 26.8. The number of fused-ring (bicyclic) bond motifs is 1. The molecule has 1 aliphatic rings. The van der Waals surface area contributed by atoms with Crippen LogP contribution in [0, 0.1) is 5.92 Å². The van der Waals surface area contributed by atoms with E-state index in [1.807, 2.05) is 6.07 Å². The fourth-order valence-electron chi connectivity index (χ4n) is 3.23. The Morgan fingerprint density at radius 1 is 1.25 bits per heavy atom. The summed E-state index contributed by atoms with van der Waals surface area (Å²) in [5.74, 6) is -0.205. The summed E-state index contributed by atoms with van der Waals surface area (Å²) in [6, 6.07) is 7.90. The van der Waals surface area contributed by atoms with Gasteiger partial charge in [0.25, 0.3) is 0 Å². The van der Waals surface area contributed by atoms with E-state index in [9.17, 15) is 18.0 Å². The van der Waals surface area contributed by atoms with Crippen LogP contribution in [0.15, 0.2) is 30.3 Å². The van der Waals surface area contributed by atoms with Gasteiger partial charge in [-0.3, -0.25) is 9.52 Å². The van der Waals surface area contributed by atoms with Crippen LogP contribution < -0.4 is 4.72 Å². The molecule has 8 heteroatoms. The largest absolute Gasteiger partial charge is 0.450 e. The standard InChI is InChI=1S/C20H23NO5S2/c1-12-4-9-17-15(10-12)11-18(27-17)20(23)26-13(2)19(22)14-5-7-16(8-6-14)21-28(3,24)25/h5-8,11-13,21H,4,9-10H2,1-3H3/t12-,13+/m0/s1. The van der Waals surface area contributed by atoms with Crippen LogP contribution in [0.4, 0.5) is 5.69 Å². The van der Waals surface area contributed by atoms with Gasteiger partial charge in [0.05, 0.1) is 6.26 Å². The molecule has 0 amide bonds. The Hall–Kier alpha value is -2.19. The van der Waals surface area contributed by atoms with Crippen LogP contribution in [0.3, 0.4) is 0 Å². The highest BCUT2D eigenvalue weighted by atomic mass is 32.2. The number of ether oxygens (including phenoxy) is 1. The summed E-state index contributed by atoms with van der Waals surface area (Å²) in [5, 5.41) is 0. The zero-order valence-electron chi connectivity index (χ0n) is 16.0. The molecule has 0 spiro atoms. The molecular weight excluding hydrogens is 398 g/mol. The number of aryl methyl sites for hydroxylation is 1. The quantitative estimate of drug-likeness (QED) is 0.568. The van der Waals surface area contributed by atoms with Crippen LogP contribution in [0.1, 0.15) is 50.7 Å². The number of carbonyl (C=O) groups excluding carboxylic acids is 2. The van der Waals surface area contributed by atoms with E-state index >= 15 is 0 Å². The molecule has 3 rings (SSSR count). The molecule has 150 valence electrons. The average Bonchev–Trinajstić information content (AvgIpc) is 3.03. The minimum atomic E-state index is -3.38. The molecule has 0 bridgehead atoms. The third-order valence-corrected chi connectivity index (χ3v) is 6.48. The summed E-state index contributed by atoms with van der Waals surface area (Å²) in [6.07, 6.45) is 3.20. The topological polar surface area (TPSA) is 89.5 Å². The van der Waals surface area contributed by atoms with Gasteiger partial charge in [-0.2, -0.15) is 0 Å². The van der Waals surface area contributed by atoms with Crippen LogP contribution in [0.5, 0.6) is 0 Å². The van der Waals surface area contributed by atoms with E-state index in [-0.39, 0.29) is 5.78 Å². The summed E-state index contributed by atoms with van der Waals surface area (Å²) < 4.78 is 30.2. The van der Waals surface area contributed by atoms with Crippen LogP contribution in [0.25, 0.3) is 0 Å². The van der Waals surface area contributed by atoms with Crippen molar-refractivity contribution < 1.29 is 22.7 Å². The van der Waals surface area contributed by atoms with Crippen LogP contribution in [-0.4, -0.2) is 32.5 Å². The Kier molecular flexibility index (Phi) is 5.90. The first kappa shape index (κ1) is 20.5. The molecule has 1 N–H and O–H groups in total. The highest BCUT2D eigenvalue weighted by Crippen LogP contribution is 2.32.